The number of rotatable bonds is 1. The Morgan fingerprint density at radius 2 is 1.54 bits per heavy atom. The van der Waals surface area contributed by atoms with Gasteiger partial charge in [0.25, 0.3) is 0 Å². The van der Waals surface area contributed by atoms with Crippen molar-refractivity contribution in [3.05, 3.63) is 52.8 Å². The summed E-state index contributed by atoms with van der Waals surface area (Å²) in [5.41, 5.74) is 5.63. The van der Waals surface area contributed by atoms with E-state index < -0.39 is 0 Å². The monoisotopic (exact) mass is 323 g/mol. The Morgan fingerprint density at radius 1 is 0.833 bits per heavy atom. The minimum Gasteiger partial charge on any atom is -0.486 e. The highest BCUT2D eigenvalue weighted by Gasteiger charge is 2.17. The maximum atomic E-state index is 13.7. The molecule has 3 aromatic rings. The third-order valence-electron chi connectivity index (χ3n) is 4.44. The van der Waals surface area contributed by atoms with Crippen molar-refractivity contribution in [1.82, 2.24) is 4.98 Å². The summed E-state index contributed by atoms with van der Waals surface area (Å²) in [5, 5.41) is 0.853. The minimum atomic E-state index is -0.229. The van der Waals surface area contributed by atoms with Crippen LogP contribution in [0.3, 0.4) is 0 Å². The molecule has 0 fully saturated rings. The molecular weight excluding hydrogens is 305 g/mol. The Bertz CT molecular complexity index is 966. The summed E-state index contributed by atoms with van der Waals surface area (Å²) in [6.45, 7) is 7.03. The second-order valence-electron chi connectivity index (χ2n) is 6.25. The molecule has 24 heavy (non-hydrogen) atoms. The first-order valence-corrected chi connectivity index (χ1v) is 8.01. The maximum absolute atomic E-state index is 13.7. The molecule has 1 aliphatic rings. The van der Waals surface area contributed by atoms with Crippen LogP contribution in [0.1, 0.15) is 16.7 Å². The van der Waals surface area contributed by atoms with Crippen molar-refractivity contribution in [3.8, 4) is 22.8 Å². The molecule has 3 nitrogen and oxygen atoms in total. The Balaban J connectivity index is 1.94. The number of aromatic nitrogens is 1. The fourth-order valence-electron chi connectivity index (χ4n) is 3.22. The number of fused-ring (bicyclic) bond motifs is 2. The SMILES string of the molecule is Cc1cc2c(cc1-c1cc(C)c3cc(F)cc(C)c3n1)OCCO2. The van der Waals surface area contributed by atoms with Gasteiger partial charge in [0.05, 0.1) is 11.2 Å². The standard InChI is InChI=1S/C20H18FNO2/c1-11-7-17(22-20-13(3)6-14(21)9-16(11)20)15-10-19-18(8-12(15)2)23-4-5-24-19/h6-10H,4-5H2,1-3H3. The molecule has 0 saturated heterocycles. The van der Waals surface area contributed by atoms with Crippen LogP contribution in [0.4, 0.5) is 4.39 Å². The first-order chi connectivity index (χ1) is 11.5. The van der Waals surface area contributed by atoms with Crippen molar-refractivity contribution in [1.29, 1.82) is 0 Å². The zero-order valence-electron chi connectivity index (χ0n) is 13.9. The van der Waals surface area contributed by atoms with Crippen molar-refractivity contribution < 1.29 is 13.9 Å². The molecular formula is C20H18FNO2. The van der Waals surface area contributed by atoms with E-state index in [-0.39, 0.29) is 5.82 Å². The second kappa shape index (κ2) is 5.48. The minimum absolute atomic E-state index is 0.229. The number of halogens is 1. The van der Waals surface area contributed by atoms with Crippen molar-refractivity contribution in [2.45, 2.75) is 20.8 Å². The van der Waals surface area contributed by atoms with Gasteiger partial charge in [-0.2, -0.15) is 0 Å². The number of aryl methyl sites for hydroxylation is 3. The van der Waals surface area contributed by atoms with Gasteiger partial charge in [-0.1, -0.05) is 0 Å². The Morgan fingerprint density at radius 3 is 2.29 bits per heavy atom. The van der Waals surface area contributed by atoms with Crippen LogP contribution in [0.2, 0.25) is 0 Å². The lowest BCUT2D eigenvalue weighted by Gasteiger charge is -2.20. The van der Waals surface area contributed by atoms with E-state index in [4.69, 9.17) is 14.5 Å². The van der Waals surface area contributed by atoms with Gasteiger partial charge in [0.2, 0.25) is 0 Å². The van der Waals surface area contributed by atoms with Gasteiger partial charge in [-0.05, 0) is 67.8 Å². The first-order valence-electron chi connectivity index (χ1n) is 8.01. The van der Waals surface area contributed by atoms with Gasteiger partial charge in [0.1, 0.15) is 19.0 Å². The van der Waals surface area contributed by atoms with E-state index >= 15 is 0 Å². The van der Waals surface area contributed by atoms with E-state index in [1.54, 1.807) is 6.07 Å². The molecule has 4 heteroatoms. The molecule has 0 atom stereocenters. The molecule has 0 N–H and O–H groups in total. The predicted molar refractivity (Wildman–Crippen MR) is 92.3 cm³/mol. The maximum Gasteiger partial charge on any atom is 0.162 e. The summed E-state index contributed by atoms with van der Waals surface area (Å²) < 4.78 is 25.0. The zero-order chi connectivity index (χ0) is 16.8. The van der Waals surface area contributed by atoms with Gasteiger partial charge in [-0.25, -0.2) is 9.37 Å². The number of hydrogen-bond acceptors (Lipinski definition) is 3. The van der Waals surface area contributed by atoms with Crippen molar-refractivity contribution in [2.75, 3.05) is 13.2 Å². The first kappa shape index (κ1) is 14.9. The highest BCUT2D eigenvalue weighted by Crippen LogP contribution is 2.37. The zero-order valence-corrected chi connectivity index (χ0v) is 13.9. The van der Waals surface area contributed by atoms with Crippen LogP contribution >= 0.6 is 0 Å². The van der Waals surface area contributed by atoms with E-state index in [0.29, 0.717) is 13.2 Å². The number of ether oxygens (including phenoxy) is 2. The lowest BCUT2D eigenvalue weighted by Crippen LogP contribution is -2.15. The van der Waals surface area contributed by atoms with Crippen LogP contribution in [-0.2, 0) is 0 Å². The average Bonchev–Trinajstić information content (AvgIpc) is 2.55. The molecule has 0 amide bonds. The van der Waals surface area contributed by atoms with Crippen molar-refractivity contribution in [2.24, 2.45) is 0 Å². The van der Waals surface area contributed by atoms with Crippen LogP contribution in [0.25, 0.3) is 22.2 Å². The Kier molecular flexibility index (Phi) is 3.41. The van der Waals surface area contributed by atoms with Crippen LogP contribution < -0.4 is 9.47 Å². The van der Waals surface area contributed by atoms with Crippen LogP contribution in [0, 0.1) is 26.6 Å². The smallest absolute Gasteiger partial charge is 0.162 e. The van der Waals surface area contributed by atoms with Gasteiger partial charge in [0, 0.05) is 10.9 Å². The molecule has 2 heterocycles. The summed E-state index contributed by atoms with van der Waals surface area (Å²) in [4.78, 5) is 4.79. The Hall–Kier alpha value is -2.62. The van der Waals surface area contributed by atoms with Crippen molar-refractivity contribution >= 4 is 10.9 Å². The van der Waals surface area contributed by atoms with Crippen LogP contribution in [0.5, 0.6) is 11.5 Å². The molecule has 0 saturated carbocycles. The highest BCUT2D eigenvalue weighted by molar-refractivity contribution is 5.88. The molecule has 0 spiro atoms. The van der Waals surface area contributed by atoms with Crippen LogP contribution in [-0.4, -0.2) is 18.2 Å². The lowest BCUT2D eigenvalue weighted by molar-refractivity contribution is 0.171. The van der Waals surface area contributed by atoms with E-state index in [0.717, 1.165) is 50.3 Å². The topological polar surface area (TPSA) is 31.4 Å². The largest absolute Gasteiger partial charge is 0.486 e. The molecule has 1 aromatic heterocycles. The molecule has 0 aliphatic carbocycles. The predicted octanol–water partition coefficient (Wildman–Crippen LogP) is 4.74. The Labute approximate surface area is 140 Å². The second-order valence-corrected chi connectivity index (χ2v) is 6.25. The van der Waals surface area contributed by atoms with Crippen LogP contribution in [0.15, 0.2) is 30.3 Å². The van der Waals surface area contributed by atoms with Gasteiger partial charge in [-0.3, -0.25) is 0 Å². The third kappa shape index (κ3) is 2.39. The lowest BCUT2D eigenvalue weighted by atomic mass is 9.99. The summed E-state index contributed by atoms with van der Waals surface area (Å²) in [6.07, 6.45) is 0. The summed E-state index contributed by atoms with van der Waals surface area (Å²) in [6, 6.07) is 9.04. The summed E-state index contributed by atoms with van der Waals surface area (Å²) in [5.74, 6) is 1.30. The molecule has 0 unspecified atom stereocenters. The average molecular weight is 323 g/mol. The molecule has 1 aliphatic heterocycles. The van der Waals surface area contributed by atoms with Crippen molar-refractivity contribution in [3.63, 3.8) is 0 Å². The number of nitrogens with zero attached hydrogens (tertiary/aromatic N) is 1. The van der Waals surface area contributed by atoms with Gasteiger partial charge in [0.15, 0.2) is 11.5 Å². The van der Waals surface area contributed by atoms with Gasteiger partial charge in [-0.15, -0.1) is 0 Å². The van der Waals surface area contributed by atoms with Gasteiger partial charge < -0.3 is 9.47 Å². The van der Waals surface area contributed by atoms with Gasteiger partial charge >= 0.3 is 0 Å². The molecule has 122 valence electrons. The van der Waals surface area contributed by atoms with E-state index in [1.165, 1.54) is 6.07 Å². The number of benzene rings is 2. The van der Waals surface area contributed by atoms with E-state index in [2.05, 4.69) is 0 Å². The highest BCUT2D eigenvalue weighted by atomic mass is 19.1. The fourth-order valence-corrected chi connectivity index (χ4v) is 3.22. The third-order valence-corrected chi connectivity index (χ3v) is 4.44. The summed E-state index contributed by atoms with van der Waals surface area (Å²) in [7, 11) is 0. The number of hydrogen-bond donors (Lipinski definition) is 0. The van der Waals surface area contributed by atoms with E-state index in [9.17, 15) is 4.39 Å². The normalized spacial score (nSPS) is 13.3. The molecule has 2 aromatic carbocycles. The molecule has 0 bridgehead atoms. The fraction of sp³-hybridized carbons (Fsp3) is 0.250. The summed E-state index contributed by atoms with van der Waals surface area (Å²) >= 11 is 0. The molecule has 0 radical (unpaired) electrons. The van der Waals surface area contributed by atoms with E-state index in [1.807, 2.05) is 39.0 Å². The molecule has 4 rings (SSSR count). The quantitative estimate of drug-likeness (QED) is 0.648. The number of pyridine rings is 1.